The van der Waals surface area contributed by atoms with Gasteiger partial charge in [0.2, 0.25) is 21.7 Å². The zero-order valence-electron chi connectivity index (χ0n) is 16.8. The van der Waals surface area contributed by atoms with Crippen molar-refractivity contribution in [2.75, 3.05) is 24.2 Å². The number of carbonyl (C=O) groups is 1. The summed E-state index contributed by atoms with van der Waals surface area (Å²) in [6, 6.07) is 14.1. The van der Waals surface area contributed by atoms with Crippen LogP contribution in [-0.2, 0) is 21.4 Å². The van der Waals surface area contributed by atoms with E-state index in [-0.39, 0.29) is 24.9 Å². The summed E-state index contributed by atoms with van der Waals surface area (Å²) in [5.74, 6) is 0.823. The van der Waals surface area contributed by atoms with E-state index < -0.39 is 10.0 Å². The summed E-state index contributed by atoms with van der Waals surface area (Å²) in [6.07, 6.45) is 1.12. The van der Waals surface area contributed by atoms with Crippen molar-refractivity contribution in [3.05, 3.63) is 60.0 Å². The van der Waals surface area contributed by atoms with Crippen LogP contribution in [0.25, 0.3) is 11.4 Å². The summed E-state index contributed by atoms with van der Waals surface area (Å²) in [6.45, 7) is 1.85. The molecule has 1 aromatic heterocycles. The van der Waals surface area contributed by atoms with E-state index in [1.165, 1.54) is 7.05 Å². The molecule has 1 heterocycles. The summed E-state index contributed by atoms with van der Waals surface area (Å²) in [5, 5.41) is 6.57. The van der Waals surface area contributed by atoms with Crippen LogP contribution in [0.5, 0.6) is 5.75 Å². The molecule has 2 aromatic carbocycles. The molecular weight excluding hydrogens is 408 g/mol. The number of hydrogen-bond donors (Lipinski definition) is 1. The highest BCUT2D eigenvalue weighted by molar-refractivity contribution is 7.92. The third kappa shape index (κ3) is 5.57. The first-order valence-electron chi connectivity index (χ1n) is 9.05. The highest BCUT2D eigenvalue weighted by Gasteiger charge is 2.13. The summed E-state index contributed by atoms with van der Waals surface area (Å²) in [7, 11) is -1.88. The number of carbonyl (C=O) groups excluding carboxylic acids is 1. The lowest BCUT2D eigenvalue weighted by Gasteiger charge is -2.16. The van der Waals surface area contributed by atoms with Gasteiger partial charge in [0.15, 0.2) is 6.61 Å². The molecule has 0 spiro atoms. The molecule has 10 heteroatoms. The molecule has 0 unspecified atom stereocenters. The molecule has 0 saturated heterocycles. The number of aryl methyl sites for hydroxylation is 1. The van der Waals surface area contributed by atoms with Crippen molar-refractivity contribution in [1.82, 2.24) is 15.5 Å². The number of nitrogens with zero attached hydrogens (tertiary/aromatic N) is 3. The second-order valence-electron chi connectivity index (χ2n) is 6.67. The van der Waals surface area contributed by atoms with Gasteiger partial charge in [-0.05, 0) is 37.3 Å². The van der Waals surface area contributed by atoms with Crippen LogP contribution in [0.3, 0.4) is 0 Å². The molecule has 1 N–H and O–H groups in total. The second-order valence-corrected chi connectivity index (χ2v) is 8.68. The van der Waals surface area contributed by atoms with Crippen molar-refractivity contribution in [3.63, 3.8) is 0 Å². The maximum Gasteiger partial charge on any atom is 0.258 e. The van der Waals surface area contributed by atoms with Gasteiger partial charge in [0, 0.05) is 12.6 Å². The van der Waals surface area contributed by atoms with Crippen molar-refractivity contribution in [3.8, 4) is 17.1 Å². The fourth-order valence-electron chi connectivity index (χ4n) is 2.55. The van der Waals surface area contributed by atoms with Gasteiger partial charge in [0.1, 0.15) is 5.75 Å². The predicted molar refractivity (Wildman–Crippen MR) is 112 cm³/mol. The molecule has 0 aliphatic rings. The van der Waals surface area contributed by atoms with Crippen molar-refractivity contribution < 1.29 is 22.5 Å². The number of benzene rings is 2. The fourth-order valence-corrected chi connectivity index (χ4v) is 3.05. The Morgan fingerprint density at radius 1 is 1.20 bits per heavy atom. The highest BCUT2D eigenvalue weighted by Crippen LogP contribution is 2.20. The first-order chi connectivity index (χ1) is 14.2. The monoisotopic (exact) mass is 430 g/mol. The van der Waals surface area contributed by atoms with E-state index in [1.54, 1.807) is 24.3 Å². The number of hydrogen-bond acceptors (Lipinski definition) is 7. The van der Waals surface area contributed by atoms with E-state index in [9.17, 15) is 13.2 Å². The fraction of sp³-hybridized carbons (Fsp3) is 0.250. The smallest absolute Gasteiger partial charge is 0.258 e. The van der Waals surface area contributed by atoms with Gasteiger partial charge in [-0.15, -0.1) is 0 Å². The van der Waals surface area contributed by atoms with Crippen LogP contribution in [0.2, 0.25) is 0 Å². The summed E-state index contributed by atoms with van der Waals surface area (Å²) in [4.78, 5) is 16.3. The van der Waals surface area contributed by atoms with Gasteiger partial charge in [-0.2, -0.15) is 4.98 Å². The average molecular weight is 430 g/mol. The van der Waals surface area contributed by atoms with E-state index in [2.05, 4.69) is 15.5 Å². The van der Waals surface area contributed by atoms with E-state index in [0.717, 1.165) is 21.7 Å². The Labute approximate surface area is 174 Å². The number of aromatic nitrogens is 2. The van der Waals surface area contributed by atoms with Crippen LogP contribution in [-0.4, -0.2) is 44.4 Å². The average Bonchev–Trinajstić information content (AvgIpc) is 3.19. The Balaban J connectivity index is 1.49. The Kier molecular flexibility index (Phi) is 6.36. The number of anilines is 1. The van der Waals surface area contributed by atoms with Gasteiger partial charge in [0.25, 0.3) is 5.91 Å². The van der Waals surface area contributed by atoms with Crippen LogP contribution in [0, 0.1) is 6.92 Å². The molecule has 0 bridgehead atoms. The molecule has 158 valence electrons. The van der Waals surface area contributed by atoms with Crippen LogP contribution in [0.4, 0.5) is 5.69 Å². The zero-order valence-corrected chi connectivity index (χ0v) is 17.6. The van der Waals surface area contributed by atoms with Gasteiger partial charge in [0.05, 0.1) is 18.5 Å². The zero-order chi connectivity index (χ0) is 21.7. The molecule has 0 radical (unpaired) electrons. The molecule has 30 heavy (non-hydrogen) atoms. The van der Waals surface area contributed by atoms with E-state index in [1.807, 2.05) is 31.2 Å². The van der Waals surface area contributed by atoms with E-state index >= 15 is 0 Å². The first-order valence-corrected chi connectivity index (χ1v) is 10.9. The summed E-state index contributed by atoms with van der Waals surface area (Å²) in [5.41, 5.74) is 2.42. The minimum absolute atomic E-state index is 0.0824. The van der Waals surface area contributed by atoms with Crippen molar-refractivity contribution in [1.29, 1.82) is 0 Å². The number of ether oxygens (including phenoxy) is 1. The lowest BCUT2D eigenvalue weighted by Crippen LogP contribution is -2.28. The topological polar surface area (TPSA) is 115 Å². The summed E-state index contributed by atoms with van der Waals surface area (Å²) >= 11 is 0. The SMILES string of the molecule is Cc1cccc(-c2noc(CNC(=O)COc3ccc(N(C)S(C)(=O)=O)cc3)n2)c1. The van der Waals surface area contributed by atoms with Gasteiger partial charge in [-0.3, -0.25) is 9.10 Å². The molecule has 3 aromatic rings. The molecule has 0 fully saturated rings. The van der Waals surface area contributed by atoms with Gasteiger partial charge in [-0.25, -0.2) is 8.42 Å². The quantitative estimate of drug-likeness (QED) is 0.582. The molecule has 0 aliphatic carbocycles. The maximum absolute atomic E-state index is 12.0. The van der Waals surface area contributed by atoms with E-state index in [4.69, 9.17) is 9.26 Å². The largest absolute Gasteiger partial charge is 0.484 e. The molecule has 0 saturated carbocycles. The Morgan fingerprint density at radius 3 is 2.60 bits per heavy atom. The number of sulfonamides is 1. The third-order valence-corrected chi connectivity index (χ3v) is 5.45. The lowest BCUT2D eigenvalue weighted by atomic mass is 10.1. The molecule has 0 aliphatic heterocycles. The van der Waals surface area contributed by atoms with Crippen LogP contribution in [0.1, 0.15) is 11.5 Å². The second kappa shape index (κ2) is 8.95. The summed E-state index contributed by atoms with van der Waals surface area (Å²) < 4.78 is 34.8. The maximum atomic E-state index is 12.0. The lowest BCUT2D eigenvalue weighted by molar-refractivity contribution is -0.123. The van der Waals surface area contributed by atoms with Crippen molar-refractivity contribution in [2.45, 2.75) is 13.5 Å². The number of amides is 1. The highest BCUT2D eigenvalue weighted by atomic mass is 32.2. The van der Waals surface area contributed by atoms with E-state index in [0.29, 0.717) is 17.3 Å². The van der Waals surface area contributed by atoms with Gasteiger partial charge < -0.3 is 14.6 Å². The Hall–Kier alpha value is -3.40. The van der Waals surface area contributed by atoms with Crippen LogP contribution >= 0.6 is 0 Å². The van der Waals surface area contributed by atoms with Gasteiger partial charge >= 0.3 is 0 Å². The number of nitrogens with one attached hydrogen (secondary N) is 1. The van der Waals surface area contributed by atoms with Crippen molar-refractivity contribution >= 4 is 21.6 Å². The molecule has 0 atom stereocenters. The van der Waals surface area contributed by atoms with Crippen LogP contribution < -0.4 is 14.4 Å². The van der Waals surface area contributed by atoms with Gasteiger partial charge in [-0.1, -0.05) is 28.9 Å². The Morgan fingerprint density at radius 2 is 1.93 bits per heavy atom. The normalized spacial score (nSPS) is 11.2. The van der Waals surface area contributed by atoms with Crippen molar-refractivity contribution in [2.24, 2.45) is 0 Å². The molecular formula is C20H22N4O5S. The number of rotatable bonds is 8. The minimum atomic E-state index is -3.34. The molecule has 1 amide bonds. The Bertz CT molecular complexity index is 1130. The third-order valence-electron chi connectivity index (χ3n) is 4.25. The molecule has 3 rings (SSSR count). The predicted octanol–water partition coefficient (Wildman–Crippen LogP) is 2.14. The standard InChI is InChI=1S/C20H22N4O5S/c1-14-5-4-6-15(11-14)20-22-19(29-23-20)12-21-18(25)13-28-17-9-7-16(8-10-17)24(2)30(3,26)27/h4-11H,12-13H2,1-3H3,(H,21,25). The van der Waals surface area contributed by atoms with Crippen LogP contribution in [0.15, 0.2) is 53.1 Å². The minimum Gasteiger partial charge on any atom is -0.484 e. The molecule has 9 nitrogen and oxygen atoms in total. The first kappa shape index (κ1) is 21.3.